The maximum Gasteiger partial charge on any atom is 0.235 e. The molecule has 0 aromatic carbocycles. The van der Waals surface area contributed by atoms with Gasteiger partial charge in [0.1, 0.15) is 0 Å². The fourth-order valence-electron chi connectivity index (χ4n) is 0.955. The number of rotatable bonds is 6. The largest absolute Gasteiger partial charge is 0.306 e. The van der Waals surface area contributed by atoms with Gasteiger partial charge in [0.25, 0.3) is 0 Å². The van der Waals surface area contributed by atoms with Crippen molar-refractivity contribution in [1.82, 2.24) is 10.3 Å². The Hall–Kier alpha value is -0.610. The van der Waals surface area contributed by atoms with E-state index >= 15 is 0 Å². The summed E-state index contributed by atoms with van der Waals surface area (Å²) in [6, 6.07) is 0. The van der Waals surface area contributed by atoms with E-state index in [-0.39, 0.29) is 5.91 Å². The van der Waals surface area contributed by atoms with Crippen LogP contribution in [0.15, 0.2) is 0 Å². The van der Waals surface area contributed by atoms with E-state index in [0.717, 1.165) is 13.1 Å². The Labute approximate surface area is 80.4 Å². The van der Waals surface area contributed by atoms with Crippen molar-refractivity contribution in [2.45, 2.75) is 26.7 Å². The van der Waals surface area contributed by atoms with Crippen molar-refractivity contribution in [2.24, 2.45) is 11.8 Å². The van der Waals surface area contributed by atoms with Gasteiger partial charge in [-0.2, -0.15) is 0 Å². The van der Waals surface area contributed by atoms with Crippen LogP contribution in [0, 0.1) is 5.92 Å². The van der Waals surface area contributed by atoms with E-state index in [4.69, 9.17) is 5.84 Å². The predicted molar refractivity (Wildman–Crippen MR) is 53.9 cm³/mol. The average Bonchev–Trinajstić information content (AvgIpc) is 2.10. The zero-order chi connectivity index (χ0) is 10.3. The fourth-order valence-corrected chi connectivity index (χ4v) is 0.955. The molecule has 0 aliphatic carbocycles. The molecular formula is C9H21N3O. The van der Waals surface area contributed by atoms with Gasteiger partial charge in [-0.3, -0.25) is 10.2 Å². The van der Waals surface area contributed by atoms with Crippen LogP contribution in [0.4, 0.5) is 0 Å². The maximum atomic E-state index is 10.8. The Balaban J connectivity index is 3.40. The van der Waals surface area contributed by atoms with Crippen molar-refractivity contribution in [3.8, 4) is 0 Å². The summed E-state index contributed by atoms with van der Waals surface area (Å²) in [6.07, 6.45) is 1.64. The predicted octanol–water partition coefficient (Wildman–Crippen LogP) is 0.344. The van der Waals surface area contributed by atoms with Gasteiger partial charge in [-0.15, -0.1) is 0 Å². The average molecular weight is 187 g/mol. The molecule has 0 atom stereocenters. The molecule has 4 heteroatoms. The van der Waals surface area contributed by atoms with Crippen molar-refractivity contribution in [1.29, 1.82) is 0 Å². The lowest BCUT2D eigenvalue weighted by Crippen LogP contribution is -2.33. The number of nitrogens with two attached hydrogens (primary N) is 1. The van der Waals surface area contributed by atoms with Gasteiger partial charge in [0.15, 0.2) is 0 Å². The van der Waals surface area contributed by atoms with Crippen molar-refractivity contribution in [2.75, 3.05) is 20.1 Å². The standard InChI is InChI=1S/C9H21N3O/c1-8(2)4-6-12(3)7-5-9(13)11-10/h8H,4-7,10H2,1-3H3,(H,11,13). The number of hydrogen-bond acceptors (Lipinski definition) is 3. The van der Waals surface area contributed by atoms with Gasteiger partial charge in [-0.25, -0.2) is 5.84 Å². The first-order valence-corrected chi connectivity index (χ1v) is 4.74. The van der Waals surface area contributed by atoms with Crippen LogP contribution in [-0.4, -0.2) is 30.9 Å². The number of hydrazine groups is 1. The van der Waals surface area contributed by atoms with Gasteiger partial charge in [-0.1, -0.05) is 13.8 Å². The molecule has 0 fully saturated rings. The highest BCUT2D eigenvalue weighted by molar-refractivity contribution is 5.75. The molecule has 0 rings (SSSR count). The zero-order valence-electron chi connectivity index (χ0n) is 8.84. The minimum Gasteiger partial charge on any atom is -0.306 e. The SMILES string of the molecule is CC(C)CCN(C)CCC(=O)NN. The van der Waals surface area contributed by atoms with E-state index in [1.54, 1.807) is 0 Å². The summed E-state index contributed by atoms with van der Waals surface area (Å²) in [4.78, 5) is 12.9. The first-order valence-electron chi connectivity index (χ1n) is 4.74. The number of hydrogen-bond donors (Lipinski definition) is 2. The molecular weight excluding hydrogens is 166 g/mol. The van der Waals surface area contributed by atoms with Crippen molar-refractivity contribution in [3.05, 3.63) is 0 Å². The Morgan fingerprint density at radius 2 is 2.08 bits per heavy atom. The second-order valence-electron chi connectivity index (χ2n) is 3.80. The van der Waals surface area contributed by atoms with Crippen LogP contribution in [0.5, 0.6) is 0 Å². The maximum absolute atomic E-state index is 10.8. The minimum absolute atomic E-state index is 0.101. The summed E-state index contributed by atoms with van der Waals surface area (Å²) in [6.45, 7) is 6.20. The first kappa shape index (κ1) is 12.4. The molecule has 0 saturated carbocycles. The third-order valence-corrected chi connectivity index (χ3v) is 1.97. The summed E-state index contributed by atoms with van der Waals surface area (Å²) >= 11 is 0. The highest BCUT2D eigenvalue weighted by atomic mass is 16.2. The number of carbonyl (C=O) groups is 1. The molecule has 1 amide bonds. The van der Waals surface area contributed by atoms with Crippen LogP contribution in [-0.2, 0) is 4.79 Å². The molecule has 0 unspecified atom stereocenters. The van der Waals surface area contributed by atoms with E-state index in [0.29, 0.717) is 12.3 Å². The molecule has 0 saturated heterocycles. The smallest absolute Gasteiger partial charge is 0.235 e. The lowest BCUT2D eigenvalue weighted by molar-refractivity contribution is -0.121. The third kappa shape index (κ3) is 7.74. The van der Waals surface area contributed by atoms with Crippen LogP contribution in [0.3, 0.4) is 0 Å². The molecule has 3 N–H and O–H groups in total. The monoisotopic (exact) mass is 187 g/mol. The van der Waals surface area contributed by atoms with Gasteiger partial charge < -0.3 is 4.90 Å². The Bertz CT molecular complexity index is 148. The molecule has 13 heavy (non-hydrogen) atoms. The number of amides is 1. The number of nitrogens with one attached hydrogen (secondary N) is 1. The third-order valence-electron chi connectivity index (χ3n) is 1.97. The minimum atomic E-state index is -0.101. The van der Waals surface area contributed by atoms with Gasteiger partial charge in [0, 0.05) is 13.0 Å². The van der Waals surface area contributed by atoms with Crippen LogP contribution in [0.2, 0.25) is 0 Å². The van der Waals surface area contributed by atoms with Crippen molar-refractivity contribution >= 4 is 5.91 Å². The van der Waals surface area contributed by atoms with Crippen LogP contribution in [0.25, 0.3) is 0 Å². The Morgan fingerprint density at radius 1 is 1.46 bits per heavy atom. The van der Waals surface area contributed by atoms with E-state index in [1.165, 1.54) is 6.42 Å². The highest BCUT2D eigenvalue weighted by Gasteiger charge is 2.03. The van der Waals surface area contributed by atoms with Crippen LogP contribution >= 0.6 is 0 Å². The Kier molecular flexibility index (Phi) is 6.54. The molecule has 0 aliphatic rings. The number of nitrogens with zero attached hydrogens (tertiary/aromatic N) is 1. The zero-order valence-corrected chi connectivity index (χ0v) is 8.84. The molecule has 0 radical (unpaired) electrons. The fraction of sp³-hybridized carbons (Fsp3) is 0.889. The molecule has 4 nitrogen and oxygen atoms in total. The van der Waals surface area contributed by atoms with Gasteiger partial charge in [0.05, 0.1) is 0 Å². The normalized spacial score (nSPS) is 10.9. The quantitative estimate of drug-likeness (QED) is 0.358. The summed E-state index contributed by atoms with van der Waals surface area (Å²) in [5.41, 5.74) is 2.12. The lowest BCUT2D eigenvalue weighted by Gasteiger charge is -2.16. The molecule has 0 bridgehead atoms. The van der Waals surface area contributed by atoms with E-state index in [9.17, 15) is 4.79 Å². The first-order chi connectivity index (χ1) is 6.06. The van der Waals surface area contributed by atoms with Crippen LogP contribution < -0.4 is 11.3 Å². The van der Waals surface area contributed by atoms with Gasteiger partial charge in [0.2, 0.25) is 5.91 Å². The van der Waals surface area contributed by atoms with Gasteiger partial charge in [-0.05, 0) is 25.9 Å². The lowest BCUT2D eigenvalue weighted by atomic mass is 10.1. The summed E-state index contributed by atoms with van der Waals surface area (Å²) in [7, 11) is 2.02. The molecule has 0 aromatic heterocycles. The topological polar surface area (TPSA) is 58.4 Å². The number of carbonyl (C=O) groups excluding carboxylic acids is 1. The highest BCUT2D eigenvalue weighted by Crippen LogP contribution is 2.00. The van der Waals surface area contributed by atoms with Gasteiger partial charge >= 0.3 is 0 Å². The molecule has 0 heterocycles. The van der Waals surface area contributed by atoms with Crippen molar-refractivity contribution in [3.63, 3.8) is 0 Å². The molecule has 0 spiro atoms. The summed E-state index contributed by atoms with van der Waals surface area (Å²) in [5, 5.41) is 0. The van der Waals surface area contributed by atoms with E-state index in [2.05, 4.69) is 24.2 Å². The Morgan fingerprint density at radius 3 is 2.54 bits per heavy atom. The summed E-state index contributed by atoms with van der Waals surface area (Å²) < 4.78 is 0. The molecule has 78 valence electrons. The van der Waals surface area contributed by atoms with E-state index in [1.807, 2.05) is 7.05 Å². The van der Waals surface area contributed by atoms with Crippen molar-refractivity contribution < 1.29 is 4.79 Å². The molecule has 0 aromatic rings. The van der Waals surface area contributed by atoms with Crippen LogP contribution in [0.1, 0.15) is 26.7 Å². The van der Waals surface area contributed by atoms with E-state index < -0.39 is 0 Å². The summed E-state index contributed by atoms with van der Waals surface area (Å²) in [5.74, 6) is 5.58. The second-order valence-corrected chi connectivity index (χ2v) is 3.80. The second kappa shape index (κ2) is 6.86. The molecule has 0 aliphatic heterocycles.